The molecule has 1 heterocycles. The zero-order valence-corrected chi connectivity index (χ0v) is 14.5. The maximum Gasteiger partial charge on any atom is 0.233 e. The number of benzene rings is 1. The first-order valence-electron chi connectivity index (χ1n) is 7.13. The number of aromatic nitrogens is 2. The van der Waals surface area contributed by atoms with Crippen molar-refractivity contribution in [2.45, 2.75) is 42.9 Å². The fourth-order valence-electron chi connectivity index (χ4n) is 1.71. The van der Waals surface area contributed by atoms with Gasteiger partial charge in [0.05, 0.1) is 5.25 Å². The van der Waals surface area contributed by atoms with E-state index in [9.17, 15) is 4.79 Å². The summed E-state index contributed by atoms with van der Waals surface area (Å²) in [5, 5.41) is 15.0. The number of nitrogens with zero attached hydrogens (tertiary/aromatic N) is 2. The van der Waals surface area contributed by atoms with E-state index in [2.05, 4.69) is 33.0 Å². The van der Waals surface area contributed by atoms with Crippen molar-refractivity contribution in [3.05, 3.63) is 35.9 Å². The van der Waals surface area contributed by atoms with Gasteiger partial charge in [-0.15, -0.1) is 10.2 Å². The second kappa shape index (κ2) is 8.14. The van der Waals surface area contributed by atoms with Crippen LogP contribution in [0.15, 0.2) is 34.7 Å². The molecule has 0 radical (unpaired) electrons. The van der Waals surface area contributed by atoms with Gasteiger partial charge in [0.15, 0.2) is 4.34 Å². The van der Waals surface area contributed by atoms with Crippen molar-refractivity contribution < 1.29 is 4.79 Å². The summed E-state index contributed by atoms with van der Waals surface area (Å²) < 4.78 is 0.793. The Kier molecular flexibility index (Phi) is 6.21. The van der Waals surface area contributed by atoms with E-state index in [0.717, 1.165) is 9.47 Å². The second-order valence-corrected chi connectivity index (χ2v) is 7.70. The van der Waals surface area contributed by atoms with E-state index < -0.39 is 0 Å². The number of carbonyl (C=O) groups excluding carboxylic acids is 1. The van der Waals surface area contributed by atoms with Crippen LogP contribution in [0.25, 0.3) is 0 Å². The molecule has 2 aromatic rings. The first kappa shape index (κ1) is 16.8. The smallest absolute Gasteiger partial charge is 0.233 e. The molecule has 0 aliphatic rings. The van der Waals surface area contributed by atoms with Crippen LogP contribution in [-0.4, -0.2) is 27.4 Å². The molecule has 22 heavy (non-hydrogen) atoms. The number of hydrogen-bond donors (Lipinski definition) is 2. The number of hydrogen-bond acceptors (Lipinski definition) is 6. The number of amides is 1. The van der Waals surface area contributed by atoms with E-state index in [0.29, 0.717) is 6.54 Å². The molecule has 0 saturated carbocycles. The average molecular weight is 336 g/mol. The summed E-state index contributed by atoms with van der Waals surface area (Å²) in [6.07, 6.45) is 0. The SMILES string of the molecule is CC(C)NC(=O)C(C)Sc1nnc(NCc2ccccc2)s1. The summed E-state index contributed by atoms with van der Waals surface area (Å²) in [5.41, 5.74) is 1.19. The molecule has 0 aliphatic heterocycles. The lowest BCUT2D eigenvalue weighted by molar-refractivity contribution is -0.120. The van der Waals surface area contributed by atoms with Gasteiger partial charge in [0.1, 0.15) is 0 Å². The highest BCUT2D eigenvalue weighted by Crippen LogP contribution is 2.29. The fraction of sp³-hybridized carbons (Fsp3) is 0.400. The van der Waals surface area contributed by atoms with Crippen molar-refractivity contribution in [1.29, 1.82) is 0 Å². The Morgan fingerprint density at radius 1 is 1.23 bits per heavy atom. The molecule has 0 bridgehead atoms. The van der Waals surface area contributed by atoms with Crippen molar-refractivity contribution in [1.82, 2.24) is 15.5 Å². The highest BCUT2D eigenvalue weighted by Gasteiger charge is 2.17. The van der Waals surface area contributed by atoms with E-state index >= 15 is 0 Å². The number of thioether (sulfide) groups is 1. The van der Waals surface area contributed by atoms with Gasteiger partial charge in [0.25, 0.3) is 0 Å². The van der Waals surface area contributed by atoms with Crippen LogP contribution in [0.3, 0.4) is 0 Å². The largest absolute Gasteiger partial charge is 0.356 e. The molecule has 5 nitrogen and oxygen atoms in total. The third-order valence-corrected chi connectivity index (χ3v) is 4.84. The van der Waals surface area contributed by atoms with Gasteiger partial charge < -0.3 is 10.6 Å². The molecular weight excluding hydrogens is 316 g/mol. The Hall–Kier alpha value is -1.60. The number of carbonyl (C=O) groups is 1. The van der Waals surface area contributed by atoms with E-state index in [1.54, 1.807) is 0 Å². The molecule has 7 heteroatoms. The molecule has 1 amide bonds. The van der Waals surface area contributed by atoms with Gasteiger partial charge in [-0.3, -0.25) is 4.79 Å². The van der Waals surface area contributed by atoms with Crippen molar-refractivity contribution >= 4 is 34.1 Å². The number of nitrogens with one attached hydrogen (secondary N) is 2. The van der Waals surface area contributed by atoms with E-state index in [1.165, 1.54) is 28.7 Å². The standard InChI is InChI=1S/C15H20N4OS2/c1-10(2)17-13(20)11(3)21-15-19-18-14(22-15)16-9-12-7-5-4-6-8-12/h4-8,10-11H,9H2,1-3H3,(H,16,18)(H,17,20). The van der Waals surface area contributed by atoms with Crippen LogP contribution in [0.5, 0.6) is 0 Å². The summed E-state index contributed by atoms with van der Waals surface area (Å²) >= 11 is 2.90. The quantitative estimate of drug-likeness (QED) is 0.760. The molecule has 1 unspecified atom stereocenters. The molecule has 2 N–H and O–H groups in total. The first-order chi connectivity index (χ1) is 10.5. The number of anilines is 1. The lowest BCUT2D eigenvalue weighted by Gasteiger charge is -2.12. The van der Waals surface area contributed by atoms with Crippen molar-refractivity contribution in [3.8, 4) is 0 Å². The Morgan fingerprint density at radius 2 is 1.95 bits per heavy atom. The third-order valence-electron chi connectivity index (χ3n) is 2.77. The Morgan fingerprint density at radius 3 is 2.64 bits per heavy atom. The molecule has 1 atom stereocenters. The minimum atomic E-state index is -0.183. The van der Waals surface area contributed by atoms with Gasteiger partial charge >= 0.3 is 0 Å². The van der Waals surface area contributed by atoms with Crippen molar-refractivity contribution in [2.24, 2.45) is 0 Å². The molecule has 0 saturated heterocycles. The lowest BCUT2D eigenvalue weighted by Crippen LogP contribution is -2.35. The minimum Gasteiger partial charge on any atom is -0.356 e. The summed E-state index contributed by atoms with van der Waals surface area (Å²) in [6, 6.07) is 10.3. The van der Waals surface area contributed by atoms with Crippen molar-refractivity contribution in [2.75, 3.05) is 5.32 Å². The number of rotatable bonds is 7. The first-order valence-corrected chi connectivity index (χ1v) is 8.82. The normalized spacial score (nSPS) is 12.2. The summed E-state index contributed by atoms with van der Waals surface area (Å²) in [6.45, 7) is 6.49. The molecular formula is C15H20N4OS2. The Balaban J connectivity index is 1.84. The van der Waals surface area contributed by atoms with Gasteiger partial charge in [-0.2, -0.15) is 0 Å². The van der Waals surface area contributed by atoms with Crippen LogP contribution in [0.4, 0.5) is 5.13 Å². The topological polar surface area (TPSA) is 66.9 Å². The highest BCUT2D eigenvalue weighted by atomic mass is 32.2. The summed E-state index contributed by atoms with van der Waals surface area (Å²) in [7, 11) is 0. The van der Waals surface area contributed by atoms with Gasteiger partial charge in [-0.05, 0) is 26.3 Å². The molecule has 1 aromatic carbocycles. The summed E-state index contributed by atoms with van der Waals surface area (Å²) in [4.78, 5) is 11.9. The predicted octanol–water partition coefficient (Wildman–Crippen LogP) is 3.16. The molecule has 0 fully saturated rings. The molecule has 118 valence electrons. The molecule has 2 rings (SSSR count). The molecule has 0 aliphatic carbocycles. The Bertz CT molecular complexity index is 601. The second-order valence-electron chi connectivity index (χ2n) is 5.14. The van der Waals surface area contributed by atoms with Crippen LogP contribution < -0.4 is 10.6 Å². The summed E-state index contributed by atoms with van der Waals surface area (Å²) in [5.74, 6) is 0.0222. The minimum absolute atomic E-state index is 0.0222. The van der Waals surface area contributed by atoms with Crippen molar-refractivity contribution in [3.63, 3.8) is 0 Å². The Labute approximate surface area is 138 Å². The van der Waals surface area contributed by atoms with E-state index in [4.69, 9.17) is 0 Å². The maximum atomic E-state index is 11.9. The van der Waals surface area contributed by atoms with Crippen LogP contribution >= 0.6 is 23.1 Å². The predicted molar refractivity (Wildman–Crippen MR) is 92.3 cm³/mol. The monoisotopic (exact) mass is 336 g/mol. The van der Waals surface area contributed by atoms with Crippen LogP contribution in [0.1, 0.15) is 26.3 Å². The van der Waals surface area contributed by atoms with Crippen LogP contribution in [-0.2, 0) is 11.3 Å². The zero-order chi connectivity index (χ0) is 15.9. The molecule has 0 spiro atoms. The third kappa shape index (κ3) is 5.31. The van der Waals surface area contributed by atoms with E-state index in [1.807, 2.05) is 39.0 Å². The fourth-order valence-corrected chi connectivity index (χ4v) is 3.61. The van der Waals surface area contributed by atoms with Gasteiger partial charge in [0, 0.05) is 12.6 Å². The zero-order valence-electron chi connectivity index (χ0n) is 12.9. The van der Waals surface area contributed by atoms with Gasteiger partial charge in [-0.1, -0.05) is 53.4 Å². The van der Waals surface area contributed by atoms with Gasteiger partial charge in [0.2, 0.25) is 11.0 Å². The van der Waals surface area contributed by atoms with Crippen LogP contribution in [0, 0.1) is 0 Å². The maximum absolute atomic E-state index is 11.9. The highest BCUT2D eigenvalue weighted by molar-refractivity contribution is 8.02. The molecule has 1 aromatic heterocycles. The van der Waals surface area contributed by atoms with Crippen LogP contribution in [0.2, 0.25) is 0 Å². The average Bonchev–Trinajstić information content (AvgIpc) is 2.93. The lowest BCUT2D eigenvalue weighted by atomic mass is 10.2. The van der Waals surface area contributed by atoms with Gasteiger partial charge in [-0.25, -0.2) is 0 Å². The van der Waals surface area contributed by atoms with E-state index in [-0.39, 0.29) is 17.2 Å².